The summed E-state index contributed by atoms with van der Waals surface area (Å²) in [6.07, 6.45) is 1.47. The normalized spacial score (nSPS) is 26.2. The van der Waals surface area contributed by atoms with Crippen LogP contribution in [0.2, 0.25) is 0 Å². The Kier molecular flexibility index (Phi) is 2.27. The Morgan fingerprint density at radius 3 is 2.82 bits per heavy atom. The molecule has 0 spiro atoms. The zero-order valence-electron chi connectivity index (χ0n) is 6.91. The number of carbonyl (C=O) groups is 2. The van der Waals surface area contributed by atoms with Gasteiger partial charge in [-0.3, -0.25) is 4.79 Å². The van der Waals surface area contributed by atoms with Crippen LogP contribution in [-0.4, -0.2) is 29.7 Å². The lowest BCUT2D eigenvalue weighted by molar-refractivity contribution is -0.148. The van der Waals surface area contributed by atoms with Crippen molar-refractivity contribution in [3.05, 3.63) is 0 Å². The molecular weight excluding hydrogens is 142 g/mol. The third kappa shape index (κ3) is 1.27. The molecule has 0 radical (unpaired) electrons. The van der Waals surface area contributed by atoms with Gasteiger partial charge in [0.2, 0.25) is 5.91 Å². The van der Waals surface area contributed by atoms with E-state index in [0.29, 0.717) is 6.42 Å². The second-order valence-electron chi connectivity index (χ2n) is 2.95. The van der Waals surface area contributed by atoms with Crippen LogP contribution in [0.4, 0.5) is 0 Å². The van der Waals surface area contributed by atoms with Crippen molar-refractivity contribution in [1.82, 2.24) is 4.90 Å². The van der Waals surface area contributed by atoms with E-state index < -0.39 is 0 Å². The first kappa shape index (κ1) is 8.24. The van der Waals surface area contributed by atoms with Crippen molar-refractivity contribution in [2.75, 3.05) is 6.54 Å². The largest absolute Gasteiger partial charge is 0.339 e. The summed E-state index contributed by atoms with van der Waals surface area (Å²) in [6.45, 7) is 4.51. The average Bonchev–Trinajstić information content (AvgIpc) is 1.99. The standard InChI is InChI=1S/C8H13NO2/c1-3-9-7(4-8(9)11)6(2)5-10/h5-7H,3-4H2,1-2H3/t6-,7?/m1/s1. The first-order chi connectivity index (χ1) is 5.20. The molecule has 0 N–H and O–H groups in total. The first-order valence-corrected chi connectivity index (χ1v) is 3.95. The molecule has 1 rings (SSSR count). The monoisotopic (exact) mass is 155 g/mol. The summed E-state index contributed by atoms with van der Waals surface area (Å²) in [5.41, 5.74) is 0. The number of likely N-dealkylation sites (tertiary alicyclic amines) is 1. The quantitative estimate of drug-likeness (QED) is 0.438. The van der Waals surface area contributed by atoms with Gasteiger partial charge >= 0.3 is 0 Å². The summed E-state index contributed by atoms with van der Waals surface area (Å²) in [5.74, 6) is 0.166. The molecule has 0 aromatic rings. The molecule has 2 atom stereocenters. The topological polar surface area (TPSA) is 37.4 Å². The van der Waals surface area contributed by atoms with Crippen molar-refractivity contribution in [3.63, 3.8) is 0 Å². The van der Waals surface area contributed by atoms with Gasteiger partial charge in [0.15, 0.2) is 0 Å². The maximum absolute atomic E-state index is 10.9. The maximum atomic E-state index is 10.9. The fourth-order valence-corrected chi connectivity index (χ4v) is 1.45. The lowest BCUT2D eigenvalue weighted by Crippen LogP contribution is -2.55. The van der Waals surface area contributed by atoms with Gasteiger partial charge in [0.05, 0.1) is 0 Å². The molecule has 0 bridgehead atoms. The van der Waals surface area contributed by atoms with Gasteiger partial charge in [0.1, 0.15) is 6.29 Å². The molecule has 3 nitrogen and oxygen atoms in total. The maximum Gasteiger partial charge on any atom is 0.224 e. The molecule has 1 aliphatic heterocycles. The smallest absolute Gasteiger partial charge is 0.224 e. The van der Waals surface area contributed by atoms with Crippen LogP contribution < -0.4 is 0 Å². The van der Waals surface area contributed by atoms with Gasteiger partial charge in [-0.25, -0.2) is 0 Å². The Morgan fingerprint density at radius 1 is 1.82 bits per heavy atom. The van der Waals surface area contributed by atoms with Crippen molar-refractivity contribution >= 4 is 12.2 Å². The van der Waals surface area contributed by atoms with Crippen LogP contribution in [0.1, 0.15) is 20.3 Å². The minimum atomic E-state index is -0.00681. The summed E-state index contributed by atoms with van der Waals surface area (Å²) in [6, 6.07) is 0.171. The third-order valence-corrected chi connectivity index (χ3v) is 2.27. The number of aldehydes is 1. The van der Waals surface area contributed by atoms with Gasteiger partial charge in [-0.1, -0.05) is 6.92 Å². The van der Waals surface area contributed by atoms with Crippen LogP contribution in [0, 0.1) is 5.92 Å². The zero-order chi connectivity index (χ0) is 8.43. The van der Waals surface area contributed by atoms with E-state index in [4.69, 9.17) is 0 Å². The number of carbonyl (C=O) groups excluding carboxylic acids is 2. The number of hydrogen-bond donors (Lipinski definition) is 0. The van der Waals surface area contributed by atoms with Crippen LogP contribution >= 0.6 is 0 Å². The van der Waals surface area contributed by atoms with Gasteiger partial charge in [-0.05, 0) is 6.92 Å². The van der Waals surface area contributed by atoms with Crippen molar-refractivity contribution in [2.24, 2.45) is 5.92 Å². The van der Waals surface area contributed by atoms with Gasteiger partial charge in [0, 0.05) is 24.9 Å². The van der Waals surface area contributed by atoms with E-state index in [2.05, 4.69) is 0 Å². The number of β-lactam (4-membered cyclic amide) rings is 1. The number of rotatable bonds is 3. The van der Waals surface area contributed by atoms with Crippen molar-refractivity contribution < 1.29 is 9.59 Å². The van der Waals surface area contributed by atoms with Crippen molar-refractivity contribution in [2.45, 2.75) is 26.3 Å². The molecule has 1 heterocycles. The summed E-state index contributed by atoms with van der Waals surface area (Å²) < 4.78 is 0. The zero-order valence-corrected chi connectivity index (χ0v) is 6.91. The molecule has 11 heavy (non-hydrogen) atoms. The van der Waals surface area contributed by atoms with E-state index >= 15 is 0 Å². The fourth-order valence-electron chi connectivity index (χ4n) is 1.45. The molecule has 3 heteroatoms. The van der Waals surface area contributed by atoms with Crippen LogP contribution in [0.15, 0.2) is 0 Å². The highest BCUT2D eigenvalue weighted by atomic mass is 16.2. The molecule has 1 fully saturated rings. The van der Waals surface area contributed by atoms with E-state index in [0.717, 1.165) is 12.8 Å². The van der Waals surface area contributed by atoms with E-state index in [1.165, 1.54) is 0 Å². The predicted octanol–water partition coefficient (Wildman–Crippen LogP) is 0.442. The van der Waals surface area contributed by atoms with Crippen molar-refractivity contribution in [1.29, 1.82) is 0 Å². The Hall–Kier alpha value is -0.860. The number of nitrogens with zero attached hydrogens (tertiary/aromatic N) is 1. The van der Waals surface area contributed by atoms with Gasteiger partial charge < -0.3 is 9.69 Å². The van der Waals surface area contributed by atoms with E-state index in [1.54, 1.807) is 4.90 Å². The second kappa shape index (κ2) is 3.03. The molecular formula is C8H13NO2. The van der Waals surface area contributed by atoms with Gasteiger partial charge in [-0.2, -0.15) is 0 Å². The third-order valence-electron chi connectivity index (χ3n) is 2.27. The molecule has 0 aromatic heterocycles. The molecule has 0 saturated carbocycles. The van der Waals surface area contributed by atoms with Gasteiger partial charge in [0.25, 0.3) is 0 Å². The molecule has 0 aromatic carbocycles. The Labute approximate surface area is 66.4 Å². The minimum absolute atomic E-state index is 0.00681. The lowest BCUT2D eigenvalue weighted by atomic mass is 9.91. The number of hydrogen-bond acceptors (Lipinski definition) is 2. The Bertz CT molecular complexity index is 179. The van der Waals surface area contributed by atoms with Gasteiger partial charge in [-0.15, -0.1) is 0 Å². The minimum Gasteiger partial charge on any atom is -0.339 e. The summed E-state index contributed by atoms with van der Waals surface area (Å²) >= 11 is 0. The fraction of sp³-hybridized carbons (Fsp3) is 0.750. The van der Waals surface area contributed by atoms with Crippen LogP contribution in [0.25, 0.3) is 0 Å². The second-order valence-corrected chi connectivity index (χ2v) is 2.95. The highest BCUT2D eigenvalue weighted by Gasteiger charge is 2.37. The molecule has 1 amide bonds. The molecule has 1 saturated heterocycles. The van der Waals surface area contributed by atoms with Crippen LogP contribution in [-0.2, 0) is 9.59 Å². The predicted molar refractivity (Wildman–Crippen MR) is 41.0 cm³/mol. The molecule has 62 valence electrons. The Morgan fingerprint density at radius 2 is 2.45 bits per heavy atom. The van der Waals surface area contributed by atoms with E-state index in [9.17, 15) is 9.59 Å². The first-order valence-electron chi connectivity index (χ1n) is 3.95. The molecule has 1 unspecified atom stereocenters. The van der Waals surface area contributed by atoms with Crippen molar-refractivity contribution in [3.8, 4) is 0 Å². The van der Waals surface area contributed by atoms with E-state index in [-0.39, 0.29) is 17.9 Å². The molecule has 1 aliphatic rings. The highest BCUT2D eigenvalue weighted by molar-refractivity contribution is 5.84. The Balaban J connectivity index is 2.50. The number of amides is 1. The molecule has 0 aliphatic carbocycles. The summed E-state index contributed by atoms with van der Waals surface area (Å²) in [5, 5.41) is 0. The van der Waals surface area contributed by atoms with E-state index in [1.807, 2.05) is 13.8 Å². The highest BCUT2D eigenvalue weighted by Crippen LogP contribution is 2.24. The summed E-state index contributed by atoms with van der Waals surface area (Å²) in [7, 11) is 0. The lowest BCUT2D eigenvalue weighted by Gasteiger charge is -2.41. The summed E-state index contributed by atoms with van der Waals surface area (Å²) in [4.78, 5) is 23.0. The van der Waals surface area contributed by atoms with Crippen LogP contribution in [0.5, 0.6) is 0 Å². The average molecular weight is 155 g/mol. The SMILES string of the molecule is CCN1C(=O)CC1[C@H](C)C=O. The van der Waals surface area contributed by atoms with Crippen LogP contribution in [0.3, 0.4) is 0 Å².